The zero-order valence-corrected chi connectivity index (χ0v) is 13.6. The van der Waals surface area contributed by atoms with Crippen molar-refractivity contribution in [2.75, 3.05) is 26.4 Å². The fraction of sp³-hybridized carbons (Fsp3) is 0.800. The Morgan fingerprint density at radius 1 is 0.864 bits per heavy atom. The number of unbranched alkanes of at least 4 members (excludes halogenated alkanes) is 2. The molecule has 0 rings (SSSR count). The molecule has 0 radical (unpaired) electrons. The van der Waals surface area contributed by atoms with Gasteiger partial charge in [-0.15, -0.1) is 0 Å². The van der Waals surface area contributed by atoms with E-state index in [9.17, 15) is 14.4 Å². The summed E-state index contributed by atoms with van der Waals surface area (Å²) in [5.74, 6) is -1.87. The highest BCUT2D eigenvalue weighted by atomic mass is 16.6. The van der Waals surface area contributed by atoms with Crippen molar-refractivity contribution in [1.29, 1.82) is 0 Å². The lowest BCUT2D eigenvalue weighted by molar-refractivity contribution is -0.170. The van der Waals surface area contributed by atoms with Crippen molar-refractivity contribution in [1.82, 2.24) is 0 Å². The molecule has 128 valence electrons. The summed E-state index contributed by atoms with van der Waals surface area (Å²) in [5, 5.41) is 0. The predicted octanol–water partition coefficient (Wildman–Crippen LogP) is 1.62. The molecule has 0 aromatic carbocycles. The zero-order chi connectivity index (χ0) is 16.8. The van der Waals surface area contributed by atoms with Gasteiger partial charge in [0.05, 0.1) is 13.2 Å². The topological polar surface area (TPSA) is 88.1 Å². The summed E-state index contributed by atoms with van der Waals surface area (Å²) in [6.07, 6.45) is 2.38. The molecular weight excluding hydrogens is 292 g/mol. The van der Waals surface area contributed by atoms with Gasteiger partial charge in [0.2, 0.25) is 0 Å². The third-order valence-corrected chi connectivity index (χ3v) is 2.58. The van der Waals surface area contributed by atoms with Gasteiger partial charge in [-0.25, -0.2) is 14.4 Å². The SMILES string of the molecule is CCCCOC(=O)COCC(=O)OC(C)C(=O)OCCCC. The molecule has 1 unspecified atom stereocenters. The molecule has 0 heterocycles. The maximum absolute atomic E-state index is 11.5. The molecule has 0 aromatic heterocycles. The van der Waals surface area contributed by atoms with Crippen molar-refractivity contribution in [3.63, 3.8) is 0 Å². The monoisotopic (exact) mass is 318 g/mol. The van der Waals surface area contributed by atoms with Crippen molar-refractivity contribution in [3.8, 4) is 0 Å². The fourth-order valence-electron chi connectivity index (χ4n) is 1.30. The van der Waals surface area contributed by atoms with Gasteiger partial charge in [-0.3, -0.25) is 0 Å². The van der Waals surface area contributed by atoms with Crippen LogP contribution in [0.3, 0.4) is 0 Å². The highest BCUT2D eigenvalue weighted by Crippen LogP contribution is 1.98. The van der Waals surface area contributed by atoms with E-state index < -0.39 is 30.6 Å². The summed E-state index contributed by atoms with van der Waals surface area (Å²) in [5.41, 5.74) is 0. The van der Waals surface area contributed by atoms with Crippen LogP contribution in [-0.2, 0) is 33.3 Å². The van der Waals surface area contributed by atoms with E-state index in [0.29, 0.717) is 13.2 Å². The van der Waals surface area contributed by atoms with Crippen molar-refractivity contribution < 1.29 is 33.3 Å². The summed E-state index contributed by atoms with van der Waals surface area (Å²) < 4.78 is 19.5. The van der Waals surface area contributed by atoms with Crippen LogP contribution in [0.5, 0.6) is 0 Å². The summed E-state index contributed by atoms with van der Waals surface area (Å²) in [6, 6.07) is 0. The van der Waals surface area contributed by atoms with E-state index in [1.54, 1.807) is 0 Å². The maximum atomic E-state index is 11.5. The van der Waals surface area contributed by atoms with Crippen LogP contribution in [0.25, 0.3) is 0 Å². The average molecular weight is 318 g/mol. The van der Waals surface area contributed by atoms with Crippen molar-refractivity contribution >= 4 is 17.9 Å². The first-order valence-corrected chi connectivity index (χ1v) is 7.60. The summed E-state index contributed by atoms with van der Waals surface area (Å²) >= 11 is 0. The zero-order valence-electron chi connectivity index (χ0n) is 13.6. The fourth-order valence-corrected chi connectivity index (χ4v) is 1.30. The second-order valence-electron chi connectivity index (χ2n) is 4.72. The summed E-state index contributed by atoms with van der Waals surface area (Å²) in [6.45, 7) is 5.27. The van der Waals surface area contributed by atoms with Crippen LogP contribution < -0.4 is 0 Å². The summed E-state index contributed by atoms with van der Waals surface area (Å²) in [7, 11) is 0. The molecule has 0 N–H and O–H groups in total. The first-order valence-electron chi connectivity index (χ1n) is 7.60. The van der Waals surface area contributed by atoms with E-state index in [4.69, 9.17) is 18.9 Å². The Kier molecular flexibility index (Phi) is 12.1. The van der Waals surface area contributed by atoms with E-state index in [2.05, 4.69) is 0 Å². The minimum atomic E-state index is -0.996. The lowest BCUT2D eigenvalue weighted by Gasteiger charge is -2.12. The van der Waals surface area contributed by atoms with Gasteiger partial charge in [0.15, 0.2) is 6.10 Å². The molecule has 0 saturated heterocycles. The number of hydrogen-bond donors (Lipinski definition) is 0. The van der Waals surface area contributed by atoms with E-state index >= 15 is 0 Å². The van der Waals surface area contributed by atoms with Gasteiger partial charge in [-0.1, -0.05) is 26.7 Å². The second kappa shape index (κ2) is 13.1. The molecule has 7 heteroatoms. The Labute approximate surface area is 131 Å². The minimum absolute atomic E-state index is 0.303. The predicted molar refractivity (Wildman–Crippen MR) is 78.1 cm³/mol. The molecule has 0 aliphatic rings. The number of ether oxygens (including phenoxy) is 4. The third kappa shape index (κ3) is 11.1. The lowest BCUT2D eigenvalue weighted by Crippen LogP contribution is -2.29. The molecule has 0 aliphatic carbocycles. The van der Waals surface area contributed by atoms with Crippen LogP contribution in [-0.4, -0.2) is 50.4 Å². The van der Waals surface area contributed by atoms with Crippen LogP contribution in [0.1, 0.15) is 46.5 Å². The number of carbonyl (C=O) groups excluding carboxylic acids is 3. The molecule has 0 amide bonds. The van der Waals surface area contributed by atoms with Crippen molar-refractivity contribution in [3.05, 3.63) is 0 Å². The Morgan fingerprint density at radius 3 is 2.00 bits per heavy atom. The maximum Gasteiger partial charge on any atom is 0.347 e. The van der Waals surface area contributed by atoms with Crippen molar-refractivity contribution in [2.24, 2.45) is 0 Å². The Bertz CT molecular complexity index is 341. The first kappa shape index (κ1) is 20.4. The van der Waals surface area contributed by atoms with Crippen LogP contribution >= 0.6 is 0 Å². The van der Waals surface area contributed by atoms with Gasteiger partial charge in [0.1, 0.15) is 13.2 Å². The number of carbonyl (C=O) groups is 3. The smallest absolute Gasteiger partial charge is 0.347 e. The van der Waals surface area contributed by atoms with Crippen molar-refractivity contribution in [2.45, 2.75) is 52.6 Å². The molecule has 1 atom stereocenters. The van der Waals surface area contributed by atoms with E-state index in [-0.39, 0.29) is 6.61 Å². The highest BCUT2D eigenvalue weighted by Gasteiger charge is 2.19. The normalized spacial score (nSPS) is 11.6. The molecule has 0 aromatic rings. The van der Waals surface area contributed by atoms with E-state index in [0.717, 1.165) is 25.7 Å². The Hall–Kier alpha value is -1.63. The minimum Gasteiger partial charge on any atom is -0.464 e. The second-order valence-corrected chi connectivity index (χ2v) is 4.72. The molecular formula is C15H26O7. The molecule has 22 heavy (non-hydrogen) atoms. The van der Waals surface area contributed by atoms with Gasteiger partial charge < -0.3 is 18.9 Å². The standard InChI is InChI=1S/C15H26O7/c1-4-6-8-20-13(16)10-19-11-14(17)22-12(3)15(18)21-9-7-5-2/h12H,4-11H2,1-3H3. The first-order chi connectivity index (χ1) is 10.5. The van der Waals surface area contributed by atoms with Gasteiger partial charge in [0.25, 0.3) is 0 Å². The highest BCUT2D eigenvalue weighted by molar-refractivity contribution is 5.79. The van der Waals surface area contributed by atoms with Crippen LogP contribution in [0, 0.1) is 0 Å². The van der Waals surface area contributed by atoms with Crippen LogP contribution in [0.2, 0.25) is 0 Å². The number of rotatable bonds is 12. The van der Waals surface area contributed by atoms with Gasteiger partial charge in [-0.2, -0.15) is 0 Å². The number of esters is 3. The summed E-state index contributed by atoms with van der Waals surface area (Å²) in [4.78, 5) is 34.1. The average Bonchev–Trinajstić information content (AvgIpc) is 2.47. The van der Waals surface area contributed by atoms with Crippen LogP contribution in [0.15, 0.2) is 0 Å². The molecule has 0 fully saturated rings. The lowest BCUT2D eigenvalue weighted by atomic mass is 10.3. The Morgan fingerprint density at radius 2 is 1.41 bits per heavy atom. The van der Waals surface area contributed by atoms with E-state index in [1.165, 1.54) is 6.92 Å². The van der Waals surface area contributed by atoms with Crippen LogP contribution in [0.4, 0.5) is 0 Å². The van der Waals surface area contributed by atoms with Gasteiger partial charge >= 0.3 is 17.9 Å². The van der Waals surface area contributed by atoms with Gasteiger partial charge in [0, 0.05) is 0 Å². The molecule has 7 nitrogen and oxygen atoms in total. The molecule has 0 aliphatic heterocycles. The largest absolute Gasteiger partial charge is 0.464 e. The number of hydrogen-bond acceptors (Lipinski definition) is 7. The van der Waals surface area contributed by atoms with Gasteiger partial charge in [-0.05, 0) is 19.8 Å². The molecule has 0 saturated carbocycles. The quantitative estimate of drug-likeness (QED) is 0.307. The molecule has 0 bridgehead atoms. The Balaban J connectivity index is 3.75. The molecule has 0 spiro atoms. The van der Waals surface area contributed by atoms with E-state index in [1.807, 2.05) is 13.8 Å². The third-order valence-electron chi connectivity index (χ3n) is 2.58.